The monoisotopic (exact) mass is 461 g/mol. The summed E-state index contributed by atoms with van der Waals surface area (Å²) < 4.78 is 11.0. The normalized spacial score (nSPS) is 16.2. The lowest BCUT2D eigenvalue weighted by Gasteiger charge is -2.32. The number of likely N-dealkylation sites (tertiary alicyclic amines) is 1. The smallest absolute Gasteiger partial charge is 0.253 e. The van der Waals surface area contributed by atoms with Crippen LogP contribution in [-0.4, -0.2) is 47.6 Å². The maximum Gasteiger partial charge on any atom is 0.253 e. The van der Waals surface area contributed by atoms with Crippen molar-refractivity contribution in [1.82, 2.24) is 14.8 Å². The molecule has 34 heavy (non-hydrogen) atoms. The van der Waals surface area contributed by atoms with Crippen LogP contribution < -0.4 is 15.0 Å². The van der Waals surface area contributed by atoms with Crippen molar-refractivity contribution >= 4 is 16.8 Å². The van der Waals surface area contributed by atoms with Gasteiger partial charge < -0.3 is 24.3 Å². The summed E-state index contributed by atoms with van der Waals surface area (Å²) in [6.45, 7) is 6.74. The molecule has 0 bridgehead atoms. The van der Waals surface area contributed by atoms with Crippen molar-refractivity contribution < 1.29 is 14.3 Å². The molecule has 0 spiro atoms. The van der Waals surface area contributed by atoms with Crippen LogP contribution in [0.25, 0.3) is 10.9 Å². The van der Waals surface area contributed by atoms with Crippen LogP contribution >= 0.6 is 0 Å². The lowest BCUT2D eigenvalue weighted by atomic mass is 9.95. The summed E-state index contributed by atoms with van der Waals surface area (Å²) >= 11 is 0. The van der Waals surface area contributed by atoms with Crippen LogP contribution in [-0.2, 0) is 17.9 Å². The van der Waals surface area contributed by atoms with Crippen molar-refractivity contribution in [3.8, 4) is 11.5 Å². The fourth-order valence-electron chi connectivity index (χ4n) is 5.04. The van der Waals surface area contributed by atoms with Gasteiger partial charge in [-0.05, 0) is 87.6 Å². The number of piperidine rings is 1. The van der Waals surface area contributed by atoms with E-state index in [1.165, 1.54) is 0 Å². The molecular weight excluding hydrogens is 430 g/mol. The van der Waals surface area contributed by atoms with Gasteiger partial charge in [-0.25, -0.2) is 0 Å². The summed E-state index contributed by atoms with van der Waals surface area (Å²) in [7, 11) is 2.09. The van der Waals surface area contributed by atoms with Crippen molar-refractivity contribution in [3.63, 3.8) is 0 Å². The highest BCUT2D eigenvalue weighted by atomic mass is 16.7. The summed E-state index contributed by atoms with van der Waals surface area (Å²) in [5.74, 6) is 1.48. The van der Waals surface area contributed by atoms with Crippen molar-refractivity contribution in [2.24, 2.45) is 5.92 Å². The van der Waals surface area contributed by atoms with Crippen molar-refractivity contribution in [2.45, 2.75) is 39.8 Å². The third-order valence-electron chi connectivity index (χ3n) is 6.92. The van der Waals surface area contributed by atoms with Crippen LogP contribution in [0.3, 0.4) is 0 Å². The molecule has 7 nitrogen and oxygen atoms in total. The Morgan fingerprint density at radius 1 is 1.06 bits per heavy atom. The SMILES string of the molecule is Cc1cc(C)c2[nH]c(=O)c(CN(Cc3ccc4c(c3)OCO4)C(=O)C3CCN(C)CC3)cc2c1. The van der Waals surface area contributed by atoms with Crippen LogP contribution in [0.1, 0.15) is 35.1 Å². The van der Waals surface area contributed by atoms with Gasteiger partial charge in [-0.3, -0.25) is 9.59 Å². The van der Waals surface area contributed by atoms with Gasteiger partial charge in [0.15, 0.2) is 11.5 Å². The molecule has 2 aliphatic heterocycles. The molecule has 1 amide bonds. The molecule has 1 saturated heterocycles. The van der Waals surface area contributed by atoms with Crippen molar-refractivity contribution in [3.05, 3.63) is 69.0 Å². The molecule has 0 aliphatic carbocycles. The van der Waals surface area contributed by atoms with Gasteiger partial charge in [0, 0.05) is 18.0 Å². The molecule has 5 rings (SSSR count). The number of rotatable bonds is 5. The van der Waals surface area contributed by atoms with Gasteiger partial charge in [-0.1, -0.05) is 17.7 Å². The molecular formula is C27H31N3O4. The zero-order valence-electron chi connectivity index (χ0n) is 20.0. The Morgan fingerprint density at radius 2 is 1.82 bits per heavy atom. The largest absolute Gasteiger partial charge is 0.454 e. The molecule has 2 aromatic carbocycles. The van der Waals surface area contributed by atoms with E-state index in [9.17, 15) is 9.59 Å². The Kier molecular flexibility index (Phi) is 6.04. The first-order chi connectivity index (χ1) is 16.4. The first kappa shape index (κ1) is 22.5. The van der Waals surface area contributed by atoms with Gasteiger partial charge in [-0.2, -0.15) is 0 Å². The minimum absolute atomic E-state index is 0.0331. The number of pyridine rings is 1. The number of aryl methyl sites for hydroxylation is 2. The number of amides is 1. The molecule has 178 valence electrons. The van der Waals surface area contributed by atoms with E-state index in [1.807, 2.05) is 43.0 Å². The van der Waals surface area contributed by atoms with E-state index >= 15 is 0 Å². The molecule has 1 fully saturated rings. The first-order valence-corrected chi connectivity index (χ1v) is 11.9. The Bertz CT molecular complexity index is 1290. The van der Waals surface area contributed by atoms with E-state index in [0.29, 0.717) is 23.6 Å². The van der Waals surface area contributed by atoms with Crippen LogP contribution in [0.5, 0.6) is 11.5 Å². The Hall–Kier alpha value is -3.32. The van der Waals surface area contributed by atoms with E-state index in [1.54, 1.807) is 0 Å². The molecule has 1 aromatic heterocycles. The van der Waals surface area contributed by atoms with Crippen LogP contribution in [0.2, 0.25) is 0 Å². The minimum atomic E-state index is -0.147. The van der Waals surface area contributed by atoms with Crippen molar-refractivity contribution in [1.29, 1.82) is 0 Å². The summed E-state index contributed by atoms with van der Waals surface area (Å²) in [4.78, 5) is 33.8. The third-order valence-corrected chi connectivity index (χ3v) is 6.92. The quantitative estimate of drug-likeness (QED) is 0.627. The highest BCUT2D eigenvalue weighted by molar-refractivity contribution is 5.83. The summed E-state index contributed by atoms with van der Waals surface area (Å²) in [5, 5.41) is 0.988. The Balaban J connectivity index is 1.47. The van der Waals surface area contributed by atoms with Gasteiger partial charge in [0.05, 0.1) is 12.1 Å². The fraction of sp³-hybridized carbons (Fsp3) is 0.407. The van der Waals surface area contributed by atoms with Gasteiger partial charge in [0.25, 0.3) is 5.56 Å². The highest BCUT2D eigenvalue weighted by Crippen LogP contribution is 2.33. The van der Waals surface area contributed by atoms with E-state index in [-0.39, 0.29) is 30.7 Å². The van der Waals surface area contributed by atoms with Crippen LogP contribution in [0.15, 0.2) is 41.2 Å². The molecule has 2 aliphatic rings. The molecule has 0 saturated carbocycles. The number of hydrogen-bond acceptors (Lipinski definition) is 5. The lowest BCUT2D eigenvalue weighted by molar-refractivity contribution is -0.138. The maximum absolute atomic E-state index is 13.7. The number of hydrogen-bond donors (Lipinski definition) is 1. The van der Waals surface area contributed by atoms with Crippen LogP contribution in [0.4, 0.5) is 0 Å². The summed E-state index contributed by atoms with van der Waals surface area (Å²) in [6, 6.07) is 11.8. The number of nitrogens with zero attached hydrogens (tertiary/aromatic N) is 2. The average Bonchev–Trinajstić information content (AvgIpc) is 3.27. The predicted molar refractivity (Wildman–Crippen MR) is 131 cm³/mol. The number of aromatic nitrogens is 1. The number of benzene rings is 2. The van der Waals surface area contributed by atoms with E-state index in [0.717, 1.165) is 53.5 Å². The Morgan fingerprint density at radius 3 is 2.62 bits per heavy atom. The molecule has 1 N–H and O–H groups in total. The van der Waals surface area contributed by atoms with Gasteiger partial charge in [-0.15, -0.1) is 0 Å². The van der Waals surface area contributed by atoms with Gasteiger partial charge in [0.2, 0.25) is 12.7 Å². The van der Waals surface area contributed by atoms with E-state index in [4.69, 9.17) is 9.47 Å². The van der Waals surface area contributed by atoms with E-state index < -0.39 is 0 Å². The number of carbonyl (C=O) groups excluding carboxylic acids is 1. The van der Waals surface area contributed by atoms with Gasteiger partial charge >= 0.3 is 0 Å². The van der Waals surface area contributed by atoms with Crippen molar-refractivity contribution in [2.75, 3.05) is 26.9 Å². The first-order valence-electron chi connectivity index (χ1n) is 11.9. The number of aromatic amines is 1. The maximum atomic E-state index is 13.7. The molecule has 3 heterocycles. The predicted octanol–water partition coefficient (Wildman–Crippen LogP) is 3.74. The second-order valence-corrected chi connectivity index (χ2v) is 9.63. The minimum Gasteiger partial charge on any atom is -0.454 e. The number of ether oxygens (including phenoxy) is 2. The second kappa shape index (κ2) is 9.14. The number of carbonyl (C=O) groups is 1. The lowest BCUT2D eigenvalue weighted by Crippen LogP contribution is -2.41. The second-order valence-electron chi connectivity index (χ2n) is 9.63. The van der Waals surface area contributed by atoms with E-state index in [2.05, 4.69) is 29.1 Å². The Labute approximate surface area is 199 Å². The molecule has 0 unspecified atom stereocenters. The summed E-state index contributed by atoms with van der Waals surface area (Å²) in [6.07, 6.45) is 1.67. The molecule has 7 heteroatoms. The zero-order valence-corrected chi connectivity index (χ0v) is 20.0. The molecule has 3 aromatic rings. The molecule has 0 atom stereocenters. The standard InChI is InChI=1S/C27H31N3O4/c1-17-10-18(2)25-21(11-17)13-22(26(31)28-25)15-30(27(32)20-6-8-29(3)9-7-20)14-19-4-5-23-24(12-19)34-16-33-23/h4-5,10-13,20H,6-9,14-16H2,1-3H3,(H,28,31). The van der Waals surface area contributed by atoms with Gasteiger partial charge in [0.1, 0.15) is 0 Å². The number of H-pyrrole nitrogens is 1. The zero-order chi connectivity index (χ0) is 23.8. The third kappa shape index (κ3) is 4.53. The number of fused-ring (bicyclic) bond motifs is 2. The summed E-state index contributed by atoms with van der Waals surface area (Å²) in [5.41, 5.74) is 4.43. The molecule has 0 radical (unpaired) electrons. The van der Waals surface area contributed by atoms with Crippen LogP contribution in [0, 0.1) is 19.8 Å². The average molecular weight is 462 g/mol. The topological polar surface area (TPSA) is 74.9 Å². The number of nitrogens with one attached hydrogen (secondary N) is 1. The highest BCUT2D eigenvalue weighted by Gasteiger charge is 2.28. The fourth-order valence-corrected chi connectivity index (χ4v) is 5.04.